The van der Waals surface area contributed by atoms with Crippen LogP contribution in [0.3, 0.4) is 0 Å². The molecular weight excluding hydrogens is 390 g/mol. The van der Waals surface area contributed by atoms with Crippen molar-refractivity contribution in [2.24, 2.45) is 5.92 Å². The van der Waals surface area contributed by atoms with Crippen LogP contribution in [0.25, 0.3) is 10.2 Å². The molecule has 1 amide bonds. The SMILES string of the molecule is CCc1ccc2nc(N3CCC(C(=O)N[C@H]4CCCc5ccccc54)CC3)sc2c1. The van der Waals surface area contributed by atoms with Gasteiger partial charge in [-0.05, 0) is 67.3 Å². The highest BCUT2D eigenvalue weighted by Gasteiger charge is 2.29. The molecule has 30 heavy (non-hydrogen) atoms. The summed E-state index contributed by atoms with van der Waals surface area (Å²) in [5.74, 6) is 0.338. The van der Waals surface area contributed by atoms with Gasteiger partial charge in [-0.3, -0.25) is 4.79 Å². The number of fused-ring (bicyclic) bond motifs is 2. The van der Waals surface area contributed by atoms with E-state index in [4.69, 9.17) is 4.98 Å². The van der Waals surface area contributed by atoms with Crippen LogP contribution in [0.2, 0.25) is 0 Å². The molecule has 1 fully saturated rings. The van der Waals surface area contributed by atoms with Crippen LogP contribution in [0, 0.1) is 5.92 Å². The second-order valence-corrected chi connectivity index (χ2v) is 9.57. The number of rotatable bonds is 4. The number of thiazole rings is 1. The molecule has 0 unspecified atom stereocenters. The molecule has 2 aromatic carbocycles. The van der Waals surface area contributed by atoms with Gasteiger partial charge in [0.05, 0.1) is 16.3 Å². The van der Waals surface area contributed by atoms with Crippen LogP contribution < -0.4 is 10.2 Å². The van der Waals surface area contributed by atoms with E-state index in [0.717, 1.165) is 62.3 Å². The van der Waals surface area contributed by atoms with Gasteiger partial charge in [-0.25, -0.2) is 4.98 Å². The second kappa shape index (κ2) is 8.38. The van der Waals surface area contributed by atoms with E-state index in [2.05, 4.69) is 59.6 Å². The molecular formula is C25H29N3OS. The number of nitrogens with zero attached hydrogens (tertiary/aromatic N) is 2. The van der Waals surface area contributed by atoms with E-state index in [1.807, 2.05) is 0 Å². The molecule has 2 aliphatic rings. The lowest BCUT2D eigenvalue weighted by atomic mass is 9.87. The topological polar surface area (TPSA) is 45.2 Å². The largest absolute Gasteiger partial charge is 0.349 e. The minimum atomic E-state index is 0.108. The average molecular weight is 420 g/mol. The molecule has 0 spiro atoms. The summed E-state index contributed by atoms with van der Waals surface area (Å²) in [4.78, 5) is 20.2. The first-order chi connectivity index (χ1) is 14.7. The van der Waals surface area contributed by atoms with Gasteiger partial charge < -0.3 is 10.2 Å². The predicted molar refractivity (Wildman–Crippen MR) is 124 cm³/mol. The number of amides is 1. The molecule has 1 N–H and O–H groups in total. The molecule has 1 aliphatic carbocycles. The van der Waals surface area contributed by atoms with Crippen molar-refractivity contribution in [3.63, 3.8) is 0 Å². The Bertz CT molecular complexity index is 1050. The van der Waals surface area contributed by atoms with Gasteiger partial charge in [0, 0.05) is 19.0 Å². The highest BCUT2D eigenvalue weighted by atomic mass is 32.1. The zero-order valence-corrected chi connectivity index (χ0v) is 18.4. The molecule has 0 bridgehead atoms. The Morgan fingerprint density at radius 1 is 1.17 bits per heavy atom. The normalized spacial score (nSPS) is 19.6. The summed E-state index contributed by atoms with van der Waals surface area (Å²) in [7, 11) is 0. The Morgan fingerprint density at radius 3 is 2.83 bits per heavy atom. The fourth-order valence-electron chi connectivity index (χ4n) is 4.84. The summed E-state index contributed by atoms with van der Waals surface area (Å²) < 4.78 is 1.26. The van der Waals surface area contributed by atoms with Gasteiger partial charge in [-0.2, -0.15) is 0 Å². The predicted octanol–water partition coefficient (Wildman–Crippen LogP) is 5.27. The van der Waals surface area contributed by atoms with Crippen LogP contribution in [0.1, 0.15) is 55.3 Å². The fraction of sp³-hybridized carbons (Fsp3) is 0.440. The Labute approximate surface area is 182 Å². The Kier molecular flexibility index (Phi) is 5.47. The molecule has 5 rings (SSSR count). The van der Waals surface area contributed by atoms with Crippen LogP contribution in [-0.4, -0.2) is 24.0 Å². The smallest absolute Gasteiger partial charge is 0.223 e. The van der Waals surface area contributed by atoms with E-state index in [0.29, 0.717) is 0 Å². The number of carbonyl (C=O) groups is 1. The Balaban J connectivity index is 1.21. The lowest BCUT2D eigenvalue weighted by Crippen LogP contribution is -2.42. The molecule has 156 valence electrons. The monoisotopic (exact) mass is 419 g/mol. The van der Waals surface area contributed by atoms with Crippen molar-refractivity contribution in [2.45, 2.75) is 51.5 Å². The van der Waals surface area contributed by atoms with Crippen molar-refractivity contribution in [1.29, 1.82) is 0 Å². The number of nitrogens with one attached hydrogen (secondary N) is 1. The van der Waals surface area contributed by atoms with Gasteiger partial charge in [-0.1, -0.05) is 48.6 Å². The standard InChI is InChI=1S/C25H29N3OS/c1-2-17-10-11-22-23(16-17)30-25(27-22)28-14-12-19(13-15-28)24(29)26-21-9-5-7-18-6-3-4-8-20(18)21/h3-4,6,8,10-11,16,19,21H,2,5,7,9,12-15H2,1H3,(H,26,29)/t21-/m0/s1. The van der Waals surface area contributed by atoms with Gasteiger partial charge >= 0.3 is 0 Å². The number of benzene rings is 2. The van der Waals surface area contributed by atoms with Crippen LogP contribution in [-0.2, 0) is 17.6 Å². The minimum Gasteiger partial charge on any atom is -0.349 e. The van der Waals surface area contributed by atoms with Crippen LogP contribution in [0.5, 0.6) is 0 Å². The van der Waals surface area contributed by atoms with Crippen molar-refractivity contribution in [3.05, 3.63) is 59.2 Å². The van der Waals surface area contributed by atoms with Gasteiger partial charge in [0.1, 0.15) is 0 Å². The first-order valence-electron chi connectivity index (χ1n) is 11.2. The van der Waals surface area contributed by atoms with E-state index >= 15 is 0 Å². The molecule has 1 aromatic heterocycles. The first kappa shape index (κ1) is 19.6. The number of hydrogen-bond acceptors (Lipinski definition) is 4. The maximum absolute atomic E-state index is 13.0. The quantitative estimate of drug-likeness (QED) is 0.627. The molecule has 1 atom stereocenters. The molecule has 5 heteroatoms. The van der Waals surface area contributed by atoms with E-state index in [9.17, 15) is 4.79 Å². The van der Waals surface area contributed by atoms with E-state index in [1.54, 1.807) is 11.3 Å². The number of aryl methyl sites for hydroxylation is 2. The van der Waals surface area contributed by atoms with Crippen molar-refractivity contribution in [3.8, 4) is 0 Å². The zero-order chi connectivity index (χ0) is 20.5. The summed E-state index contributed by atoms with van der Waals surface area (Å²) in [6.45, 7) is 3.99. The molecule has 2 heterocycles. The summed E-state index contributed by atoms with van der Waals surface area (Å²) in [5, 5.41) is 4.46. The summed E-state index contributed by atoms with van der Waals surface area (Å²) >= 11 is 1.78. The highest BCUT2D eigenvalue weighted by Crippen LogP contribution is 2.33. The maximum Gasteiger partial charge on any atom is 0.223 e. The third-order valence-electron chi connectivity index (χ3n) is 6.67. The number of hydrogen-bond donors (Lipinski definition) is 1. The number of anilines is 1. The average Bonchev–Trinajstić information content (AvgIpc) is 3.23. The molecule has 1 aliphatic heterocycles. The molecule has 0 radical (unpaired) electrons. The summed E-state index contributed by atoms with van der Waals surface area (Å²) in [6.07, 6.45) is 6.18. The van der Waals surface area contributed by atoms with Crippen LogP contribution in [0.15, 0.2) is 42.5 Å². The number of piperidine rings is 1. The minimum absolute atomic E-state index is 0.108. The summed E-state index contributed by atoms with van der Waals surface area (Å²) in [5.41, 5.74) is 5.15. The van der Waals surface area contributed by atoms with Gasteiger partial charge in [0.25, 0.3) is 0 Å². The van der Waals surface area contributed by atoms with Crippen LogP contribution in [0.4, 0.5) is 5.13 Å². The van der Waals surface area contributed by atoms with Crippen LogP contribution >= 0.6 is 11.3 Å². The van der Waals surface area contributed by atoms with Crippen molar-refractivity contribution in [2.75, 3.05) is 18.0 Å². The second-order valence-electron chi connectivity index (χ2n) is 8.57. The lowest BCUT2D eigenvalue weighted by Gasteiger charge is -2.33. The zero-order valence-electron chi connectivity index (χ0n) is 17.6. The van der Waals surface area contributed by atoms with E-state index in [1.165, 1.54) is 21.4 Å². The first-order valence-corrected chi connectivity index (χ1v) is 12.1. The highest BCUT2D eigenvalue weighted by molar-refractivity contribution is 7.22. The van der Waals surface area contributed by atoms with Crippen molar-refractivity contribution in [1.82, 2.24) is 10.3 Å². The fourth-order valence-corrected chi connectivity index (χ4v) is 5.92. The van der Waals surface area contributed by atoms with Gasteiger partial charge in [0.2, 0.25) is 5.91 Å². The van der Waals surface area contributed by atoms with Crippen molar-refractivity contribution >= 4 is 32.6 Å². The third kappa shape index (κ3) is 3.83. The van der Waals surface area contributed by atoms with Gasteiger partial charge in [0.15, 0.2) is 5.13 Å². The Hall–Kier alpha value is -2.40. The molecule has 0 saturated carbocycles. The Morgan fingerprint density at radius 2 is 2.00 bits per heavy atom. The lowest BCUT2D eigenvalue weighted by molar-refractivity contribution is -0.126. The van der Waals surface area contributed by atoms with Crippen molar-refractivity contribution < 1.29 is 4.79 Å². The maximum atomic E-state index is 13.0. The number of carbonyl (C=O) groups excluding carboxylic acids is 1. The van der Waals surface area contributed by atoms with E-state index < -0.39 is 0 Å². The molecule has 1 saturated heterocycles. The molecule has 4 nitrogen and oxygen atoms in total. The molecule has 3 aromatic rings. The number of aromatic nitrogens is 1. The van der Waals surface area contributed by atoms with Gasteiger partial charge in [-0.15, -0.1) is 0 Å². The van der Waals surface area contributed by atoms with E-state index in [-0.39, 0.29) is 17.9 Å². The third-order valence-corrected chi connectivity index (χ3v) is 7.75. The summed E-state index contributed by atoms with van der Waals surface area (Å²) in [6, 6.07) is 15.3.